The summed E-state index contributed by atoms with van der Waals surface area (Å²) in [6.45, 7) is 12.5. The van der Waals surface area contributed by atoms with Gasteiger partial charge in [-0.05, 0) is 86.7 Å². The van der Waals surface area contributed by atoms with Crippen LogP contribution in [0.2, 0.25) is 0 Å². The number of ketones is 1. The maximum absolute atomic E-state index is 12.1. The molecule has 0 aliphatic heterocycles. The summed E-state index contributed by atoms with van der Waals surface area (Å²) in [5.74, 6) is 1.87. The van der Waals surface area contributed by atoms with Gasteiger partial charge in [-0.15, -0.1) is 0 Å². The zero-order valence-electron chi connectivity index (χ0n) is 16.7. The molecule has 4 aliphatic carbocycles. The van der Waals surface area contributed by atoms with E-state index in [1.807, 2.05) is 6.08 Å². The molecule has 3 nitrogen and oxygen atoms in total. The lowest BCUT2D eigenvalue weighted by molar-refractivity contribution is -0.177. The van der Waals surface area contributed by atoms with Gasteiger partial charge in [-0.25, -0.2) is 0 Å². The van der Waals surface area contributed by atoms with Crippen LogP contribution < -0.4 is 0 Å². The molecule has 4 aliphatic rings. The molecule has 0 spiro atoms. The molecule has 0 amide bonds. The van der Waals surface area contributed by atoms with Gasteiger partial charge in [0.1, 0.15) is 5.60 Å². The van der Waals surface area contributed by atoms with E-state index >= 15 is 0 Å². The van der Waals surface area contributed by atoms with Crippen LogP contribution in [0.15, 0.2) is 23.8 Å². The third-order valence-corrected chi connectivity index (χ3v) is 8.87. The topological polar surface area (TPSA) is 43.4 Å². The highest BCUT2D eigenvalue weighted by atomic mass is 16.6. The molecule has 4 rings (SSSR count). The SMILES string of the molecule is C=C1C[C@]2(C)C(=CC1=O)CC[C@@H]1[C@H]2CC[C@@]2(C)[C@H]1CC[C@]2(C)OC(C)=O. The Balaban J connectivity index is 1.67. The van der Waals surface area contributed by atoms with Gasteiger partial charge in [0, 0.05) is 12.3 Å². The van der Waals surface area contributed by atoms with Crippen LogP contribution in [0, 0.1) is 28.6 Å². The lowest BCUT2D eigenvalue weighted by Crippen LogP contribution is -2.55. The highest BCUT2D eigenvalue weighted by Gasteiger charge is 2.64. The zero-order valence-corrected chi connectivity index (χ0v) is 16.7. The van der Waals surface area contributed by atoms with Crippen LogP contribution in [0.3, 0.4) is 0 Å². The molecule has 0 heterocycles. The second-order valence-electron chi connectivity index (χ2n) is 9.97. The van der Waals surface area contributed by atoms with Crippen LogP contribution in [0.25, 0.3) is 0 Å². The second kappa shape index (κ2) is 5.56. The number of hydrogen-bond acceptors (Lipinski definition) is 3. The highest BCUT2D eigenvalue weighted by molar-refractivity contribution is 6.05. The fourth-order valence-corrected chi connectivity index (χ4v) is 7.31. The molecule has 0 unspecified atom stereocenters. The first-order chi connectivity index (χ1) is 12.1. The van der Waals surface area contributed by atoms with Gasteiger partial charge < -0.3 is 4.74 Å². The van der Waals surface area contributed by atoms with Crippen molar-refractivity contribution >= 4 is 11.8 Å². The van der Waals surface area contributed by atoms with Gasteiger partial charge >= 0.3 is 5.97 Å². The standard InChI is InChI=1S/C23H32O3/c1-14-13-21(3)16(12-20(14)25)6-7-17-18(21)8-10-22(4)19(17)9-11-23(22,5)26-15(2)24/h12,17-19H,1,6-11,13H2,2-5H3/t17-,18-,19+,21-,22+,23+/m1/s1. The number of carbonyl (C=O) groups excluding carboxylic acids is 2. The van der Waals surface area contributed by atoms with Gasteiger partial charge in [0.15, 0.2) is 5.78 Å². The molecule has 6 atom stereocenters. The first kappa shape index (κ1) is 18.0. The molecule has 0 bridgehead atoms. The summed E-state index contributed by atoms with van der Waals surface area (Å²) >= 11 is 0. The fraction of sp³-hybridized carbons (Fsp3) is 0.739. The van der Waals surface area contributed by atoms with E-state index in [1.54, 1.807) is 0 Å². The van der Waals surface area contributed by atoms with Gasteiger partial charge in [0.05, 0.1) is 0 Å². The monoisotopic (exact) mass is 356 g/mol. The predicted octanol–water partition coefficient (Wildman–Crippen LogP) is 5.01. The largest absolute Gasteiger partial charge is 0.459 e. The molecule has 0 N–H and O–H groups in total. The Morgan fingerprint density at radius 3 is 2.54 bits per heavy atom. The van der Waals surface area contributed by atoms with Crippen LogP contribution in [-0.4, -0.2) is 17.4 Å². The maximum atomic E-state index is 12.1. The molecule has 0 aromatic heterocycles. The molecular weight excluding hydrogens is 324 g/mol. The summed E-state index contributed by atoms with van der Waals surface area (Å²) in [6, 6.07) is 0. The third kappa shape index (κ3) is 2.25. The van der Waals surface area contributed by atoms with Crippen molar-refractivity contribution in [3.63, 3.8) is 0 Å². The number of allylic oxidation sites excluding steroid dienone is 2. The molecule has 3 saturated carbocycles. The lowest BCUT2D eigenvalue weighted by Gasteiger charge is -2.59. The molecular formula is C23H32O3. The molecule has 3 fully saturated rings. The first-order valence-electron chi connectivity index (χ1n) is 10.2. The summed E-state index contributed by atoms with van der Waals surface area (Å²) < 4.78 is 5.90. The number of rotatable bonds is 1. The molecule has 0 aromatic carbocycles. The summed E-state index contributed by atoms with van der Waals surface area (Å²) in [4.78, 5) is 23.9. The molecule has 0 saturated heterocycles. The minimum absolute atomic E-state index is 0.0684. The quantitative estimate of drug-likeness (QED) is 0.490. The van der Waals surface area contributed by atoms with E-state index < -0.39 is 0 Å². The number of ether oxygens (including phenoxy) is 1. The number of esters is 1. The van der Waals surface area contributed by atoms with E-state index in [2.05, 4.69) is 27.4 Å². The summed E-state index contributed by atoms with van der Waals surface area (Å²) in [5, 5.41) is 0. The van der Waals surface area contributed by atoms with E-state index in [4.69, 9.17) is 4.74 Å². The maximum Gasteiger partial charge on any atom is 0.303 e. The van der Waals surface area contributed by atoms with Crippen molar-refractivity contribution in [2.75, 3.05) is 0 Å². The highest BCUT2D eigenvalue weighted by Crippen LogP contribution is 2.68. The first-order valence-corrected chi connectivity index (χ1v) is 10.2. The van der Waals surface area contributed by atoms with Crippen molar-refractivity contribution in [2.24, 2.45) is 28.6 Å². The number of hydrogen-bond donors (Lipinski definition) is 0. The van der Waals surface area contributed by atoms with Gasteiger partial charge in [0.2, 0.25) is 0 Å². The Morgan fingerprint density at radius 2 is 1.85 bits per heavy atom. The Bertz CT molecular complexity index is 719. The van der Waals surface area contributed by atoms with E-state index in [0.717, 1.165) is 44.1 Å². The normalized spacial score (nSPS) is 47.5. The van der Waals surface area contributed by atoms with Crippen molar-refractivity contribution < 1.29 is 14.3 Å². The van der Waals surface area contributed by atoms with Crippen LogP contribution in [0.1, 0.15) is 72.6 Å². The Morgan fingerprint density at radius 1 is 1.15 bits per heavy atom. The molecule has 3 heteroatoms. The molecule has 142 valence electrons. The fourth-order valence-electron chi connectivity index (χ4n) is 7.31. The van der Waals surface area contributed by atoms with Crippen molar-refractivity contribution in [3.05, 3.63) is 23.8 Å². The van der Waals surface area contributed by atoms with Crippen molar-refractivity contribution in [3.8, 4) is 0 Å². The van der Waals surface area contributed by atoms with Crippen LogP contribution in [0.5, 0.6) is 0 Å². The van der Waals surface area contributed by atoms with Crippen molar-refractivity contribution in [1.82, 2.24) is 0 Å². The van der Waals surface area contributed by atoms with Crippen LogP contribution in [0.4, 0.5) is 0 Å². The minimum Gasteiger partial charge on any atom is -0.459 e. The average Bonchev–Trinajstić information content (AvgIpc) is 2.80. The smallest absolute Gasteiger partial charge is 0.303 e. The van der Waals surface area contributed by atoms with Gasteiger partial charge in [0.25, 0.3) is 0 Å². The second-order valence-corrected chi connectivity index (χ2v) is 9.97. The zero-order chi connectivity index (χ0) is 18.9. The lowest BCUT2D eigenvalue weighted by atomic mass is 9.46. The number of carbonyl (C=O) groups is 2. The summed E-state index contributed by atoms with van der Waals surface area (Å²) in [6.07, 6.45) is 9.31. The van der Waals surface area contributed by atoms with Gasteiger partial charge in [-0.3, -0.25) is 9.59 Å². The Kier molecular flexibility index (Phi) is 3.85. The summed E-state index contributed by atoms with van der Waals surface area (Å²) in [5.41, 5.74) is 1.97. The predicted molar refractivity (Wildman–Crippen MR) is 101 cm³/mol. The van der Waals surface area contributed by atoms with Gasteiger partial charge in [-0.2, -0.15) is 0 Å². The molecule has 26 heavy (non-hydrogen) atoms. The van der Waals surface area contributed by atoms with Gasteiger partial charge in [-0.1, -0.05) is 26.0 Å². The Hall–Kier alpha value is -1.38. The van der Waals surface area contributed by atoms with Crippen molar-refractivity contribution in [2.45, 2.75) is 78.2 Å². The van der Waals surface area contributed by atoms with E-state index in [9.17, 15) is 9.59 Å². The van der Waals surface area contributed by atoms with Crippen molar-refractivity contribution in [1.29, 1.82) is 0 Å². The molecule has 0 radical (unpaired) electrons. The van der Waals surface area contributed by atoms with E-state index in [1.165, 1.54) is 18.9 Å². The molecule has 0 aromatic rings. The Labute approximate surface area is 157 Å². The van der Waals surface area contributed by atoms with Crippen LogP contribution in [-0.2, 0) is 14.3 Å². The van der Waals surface area contributed by atoms with E-state index in [-0.39, 0.29) is 28.2 Å². The van der Waals surface area contributed by atoms with Crippen LogP contribution >= 0.6 is 0 Å². The minimum atomic E-state index is -0.336. The third-order valence-electron chi connectivity index (χ3n) is 8.87. The average molecular weight is 357 g/mol. The summed E-state index contributed by atoms with van der Waals surface area (Å²) in [7, 11) is 0. The van der Waals surface area contributed by atoms with E-state index in [0.29, 0.717) is 17.8 Å². The number of fused-ring (bicyclic) bond motifs is 5.